The molecule has 198 valence electrons. The van der Waals surface area contributed by atoms with Crippen molar-refractivity contribution in [1.29, 1.82) is 0 Å². The minimum atomic E-state index is -0.0102. The molecular formula is C30H36N6OS. The summed E-state index contributed by atoms with van der Waals surface area (Å²) in [6.45, 7) is 13.4. The van der Waals surface area contributed by atoms with Gasteiger partial charge in [0.05, 0.1) is 5.69 Å². The van der Waals surface area contributed by atoms with Gasteiger partial charge in [0.2, 0.25) is 5.56 Å². The van der Waals surface area contributed by atoms with E-state index in [2.05, 4.69) is 71.1 Å². The molecule has 6 heterocycles. The molecule has 7 rings (SSSR count). The average Bonchev–Trinajstić information content (AvgIpc) is 3.68. The molecule has 0 amide bonds. The smallest absolute Gasteiger partial charge is 0.248 e. The molecule has 4 aliphatic rings. The molecule has 2 fully saturated rings. The van der Waals surface area contributed by atoms with Crippen LogP contribution >= 0.6 is 11.3 Å². The summed E-state index contributed by atoms with van der Waals surface area (Å²) in [4.78, 5) is 28.5. The molecule has 1 saturated carbocycles. The molecule has 38 heavy (non-hydrogen) atoms. The summed E-state index contributed by atoms with van der Waals surface area (Å²) in [6.07, 6.45) is 8.33. The standard InChI is InChI=1S/C30H36N6OS/c1-15(2)25-26-18(5)28(22-10-21-9-20(22)12-35(21)11-19-6-7-31-24(37)8-19)38-30(26)34-27(25)23-13-36-29(32-14-33-36)17(4)16(23)3/h6-8,13-15,20-22,29,34H,9-12H2,1-5H3,(H,31,37)(H,32,33)/t20-,21-,22+,29?/m0/s1. The van der Waals surface area contributed by atoms with Crippen LogP contribution in [0, 0.1) is 12.8 Å². The third-order valence-electron chi connectivity index (χ3n) is 9.36. The van der Waals surface area contributed by atoms with E-state index in [1.807, 2.05) is 17.4 Å². The lowest BCUT2D eigenvalue weighted by Crippen LogP contribution is -2.37. The molecule has 8 heteroatoms. The van der Waals surface area contributed by atoms with Crippen LogP contribution in [0.5, 0.6) is 0 Å². The molecule has 3 aromatic heterocycles. The number of likely N-dealkylation sites (tertiary alicyclic amines) is 1. The molecular weight excluding hydrogens is 492 g/mol. The van der Waals surface area contributed by atoms with E-state index in [0.717, 1.165) is 18.7 Å². The van der Waals surface area contributed by atoms with E-state index in [1.54, 1.807) is 23.5 Å². The van der Waals surface area contributed by atoms with E-state index in [1.165, 1.54) is 56.6 Å². The van der Waals surface area contributed by atoms with Crippen molar-refractivity contribution in [3.05, 3.63) is 73.3 Å². The molecule has 0 aromatic carbocycles. The van der Waals surface area contributed by atoms with Crippen LogP contribution in [0.15, 0.2) is 45.5 Å². The van der Waals surface area contributed by atoms with Crippen molar-refractivity contribution in [3.8, 4) is 0 Å². The van der Waals surface area contributed by atoms with Crippen molar-refractivity contribution in [2.24, 2.45) is 10.9 Å². The Morgan fingerprint density at radius 2 is 2.05 bits per heavy atom. The van der Waals surface area contributed by atoms with E-state index in [0.29, 0.717) is 23.8 Å². The van der Waals surface area contributed by atoms with Gasteiger partial charge >= 0.3 is 0 Å². The summed E-state index contributed by atoms with van der Waals surface area (Å²) < 4.78 is 0. The second kappa shape index (κ2) is 8.71. The normalized spacial score (nSPS) is 26.7. The zero-order valence-electron chi connectivity index (χ0n) is 22.8. The minimum absolute atomic E-state index is 0.0102. The van der Waals surface area contributed by atoms with Gasteiger partial charge in [-0.25, -0.2) is 4.99 Å². The maximum absolute atomic E-state index is 11.7. The quantitative estimate of drug-likeness (QED) is 0.403. The number of hydrazine groups is 1. The van der Waals surface area contributed by atoms with Crippen molar-refractivity contribution in [2.45, 2.75) is 78.0 Å². The van der Waals surface area contributed by atoms with Gasteiger partial charge < -0.3 is 9.97 Å². The molecule has 1 aliphatic carbocycles. The molecule has 4 atom stereocenters. The molecule has 1 saturated heterocycles. The number of allylic oxidation sites excluding steroid dienone is 2. The molecule has 3 aromatic rings. The Morgan fingerprint density at radius 3 is 2.79 bits per heavy atom. The first-order chi connectivity index (χ1) is 18.3. The summed E-state index contributed by atoms with van der Waals surface area (Å²) in [5.41, 5.74) is 12.4. The minimum Gasteiger partial charge on any atom is -0.346 e. The van der Waals surface area contributed by atoms with Crippen LogP contribution in [0.25, 0.3) is 15.8 Å². The Labute approximate surface area is 227 Å². The molecule has 7 nitrogen and oxygen atoms in total. The van der Waals surface area contributed by atoms with Crippen LogP contribution in [-0.4, -0.2) is 45.0 Å². The van der Waals surface area contributed by atoms with Crippen LogP contribution in [0.4, 0.5) is 0 Å². The highest BCUT2D eigenvalue weighted by atomic mass is 32.1. The fourth-order valence-corrected chi connectivity index (χ4v) is 8.84. The van der Waals surface area contributed by atoms with E-state index >= 15 is 0 Å². The maximum atomic E-state index is 11.7. The van der Waals surface area contributed by atoms with Gasteiger partial charge in [0.1, 0.15) is 11.2 Å². The number of aromatic nitrogens is 2. The zero-order valence-corrected chi connectivity index (χ0v) is 23.6. The average molecular weight is 529 g/mol. The molecule has 1 unspecified atom stereocenters. The van der Waals surface area contributed by atoms with Gasteiger partial charge in [-0.2, -0.15) is 0 Å². The second-order valence-electron chi connectivity index (χ2n) is 11.9. The number of aromatic amines is 2. The highest BCUT2D eigenvalue weighted by Crippen LogP contribution is 2.53. The molecule has 3 N–H and O–H groups in total. The van der Waals surface area contributed by atoms with Gasteiger partial charge in [0, 0.05) is 53.4 Å². The van der Waals surface area contributed by atoms with Crippen LogP contribution < -0.4 is 11.0 Å². The number of thiophene rings is 1. The van der Waals surface area contributed by atoms with Gasteiger partial charge in [-0.15, -0.1) is 11.3 Å². The number of rotatable bonds is 5. The van der Waals surface area contributed by atoms with E-state index in [9.17, 15) is 4.79 Å². The summed E-state index contributed by atoms with van der Waals surface area (Å²) in [5, 5.41) is 3.55. The van der Waals surface area contributed by atoms with Crippen molar-refractivity contribution >= 4 is 33.5 Å². The maximum Gasteiger partial charge on any atom is 0.248 e. The SMILES string of the molecule is CC1=C(C)C2N=CNN2C=C1c1[nH]c2sc([C@@H]3C[C@@H]4C[C@H]3CN4Cc3cc[nH]c(=O)c3)c(C)c2c1C(C)C. The first-order valence-electron chi connectivity index (χ1n) is 13.8. The lowest BCUT2D eigenvalue weighted by atomic mass is 9.87. The van der Waals surface area contributed by atoms with Gasteiger partial charge in [-0.05, 0) is 85.3 Å². The number of nitrogens with one attached hydrogen (secondary N) is 3. The third kappa shape index (κ3) is 3.57. The van der Waals surface area contributed by atoms with Crippen LogP contribution in [0.2, 0.25) is 0 Å². The Hall–Kier alpha value is -3.10. The zero-order chi connectivity index (χ0) is 26.3. The van der Waals surface area contributed by atoms with Crippen molar-refractivity contribution < 1.29 is 0 Å². The second-order valence-corrected chi connectivity index (χ2v) is 12.9. The first kappa shape index (κ1) is 24.0. The van der Waals surface area contributed by atoms with Crippen molar-refractivity contribution in [3.63, 3.8) is 0 Å². The highest BCUT2D eigenvalue weighted by molar-refractivity contribution is 7.19. The Bertz CT molecular complexity index is 1590. The summed E-state index contributed by atoms with van der Waals surface area (Å²) in [5.74, 6) is 1.74. The molecule has 2 bridgehead atoms. The predicted octanol–water partition coefficient (Wildman–Crippen LogP) is 5.59. The molecule has 0 spiro atoms. The van der Waals surface area contributed by atoms with Crippen molar-refractivity contribution in [2.75, 3.05) is 6.54 Å². The number of hydrogen-bond donors (Lipinski definition) is 3. The Balaban J connectivity index is 1.20. The fraction of sp³-hybridized carbons (Fsp3) is 0.467. The van der Waals surface area contributed by atoms with Gasteiger partial charge in [-0.3, -0.25) is 20.1 Å². The van der Waals surface area contributed by atoms with E-state index in [4.69, 9.17) is 0 Å². The van der Waals surface area contributed by atoms with Crippen LogP contribution in [-0.2, 0) is 6.54 Å². The van der Waals surface area contributed by atoms with Gasteiger partial charge in [0.15, 0.2) is 6.17 Å². The largest absolute Gasteiger partial charge is 0.346 e. The third-order valence-corrected chi connectivity index (χ3v) is 10.7. The number of piperidine rings is 1. The number of nitrogens with zero attached hydrogens (tertiary/aromatic N) is 3. The number of fused-ring (bicyclic) bond motifs is 4. The Morgan fingerprint density at radius 1 is 1.21 bits per heavy atom. The monoisotopic (exact) mass is 528 g/mol. The lowest BCUT2D eigenvalue weighted by molar-refractivity contribution is 0.192. The topological polar surface area (TPSA) is 79.5 Å². The van der Waals surface area contributed by atoms with E-state index < -0.39 is 0 Å². The van der Waals surface area contributed by atoms with E-state index in [-0.39, 0.29) is 11.7 Å². The number of H-pyrrole nitrogens is 2. The summed E-state index contributed by atoms with van der Waals surface area (Å²) in [6, 6.07) is 4.39. The summed E-state index contributed by atoms with van der Waals surface area (Å²) in [7, 11) is 0. The van der Waals surface area contributed by atoms with Crippen LogP contribution in [0.3, 0.4) is 0 Å². The van der Waals surface area contributed by atoms with Gasteiger partial charge in [-0.1, -0.05) is 13.8 Å². The first-order valence-corrected chi connectivity index (χ1v) is 14.6. The highest BCUT2D eigenvalue weighted by Gasteiger charge is 2.46. The number of aliphatic imine (C=N–C) groups is 1. The number of hydrogen-bond acceptors (Lipinski definition) is 6. The lowest BCUT2D eigenvalue weighted by Gasteiger charge is -2.31. The summed E-state index contributed by atoms with van der Waals surface area (Å²) >= 11 is 1.99. The molecule has 3 aliphatic heterocycles. The number of aryl methyl sites for hydroxylation is 1. The Kier molecular flexibility index (Phi) is 5.50. The fourth-order valence-electron chi connectivity index (χ4n) is 7.41. The van der Waals surface area contributed by atoms with Crippen molar-refractivity contribution in [1.82, 2.24) is 25.3 Å². The van der Waals surface area contributed by atoms with Crippen LogP contribution in [0.1, 0.15) is 79.6 Å². The molecule has 0 radical (unpaired) electrons. The van der Waals surface area contributed by atoms with Gasteiger partial charge in [0.25, 0.3) is 0 Å². The number of pyridine rings is 1. The predicted molar refractivity (Wildman–Crippen MR) is 155 cm³/mol.